The molecule has 4 rings (SSSR count). The fourth-order valence-corrected chi connectivity index (χ4v) is 3.50. The number of rotatable bonds is 7. The zero-order valence-corrected chi connectivity index (χ0v) is 17.3. The SMILES string of the molecule is CC(=O)NC[C@H]1CN(c2ccc(-c3ccc([C@H](O)Cn4ccnn4)cc3)c(F)c2)C(=O)O1. The maximum atomic E-state index is 14.9. The number of hydrogen-bond donors (Lipinski definition) is 2. The van der Waals surface area contributed by atoms with Gasteiger partial charge in [0.05, 0.1) is 37.6 Å². The second-order valence-corrected chi connectivity index (χ2v) is 7.48. The highest BCUT2D eigenvalue weighted by Crippen LogP contribution is 2.30. The standard InChI is InChI=1S/C22H22FN5O4/c1-14(29)24-11-18-12-28(22(31)32-18)17-6-7-19(20(23)10-17)15-2-4-16(5-3-15)21(30)13-27-9-8-25-26-27/h2-10,18,21,30H,11-13H2,1H3,(H,24,29)/t18-,21+/m0/s1. The smallest absolute Gasteiger partial charge is 0.414 e. The first-order valence-electron chi connectivity index (χ1n) is 10.1. The van der Waals surface area contributed by atoms with Crippen LogP contribution in [-0.2, 0) is 16.1 Å². The van der Waals surface area contributed by atoms with Crippen LogP contribution in [0.3, 0.4) is 0 Å². The van der Waals surface area contributed by atoms with E-state index < -0.39 is 24.1 Å². The molecule has 10 heteroatoms. The number of amides is 2. The molecule has 2 N–H and O–H groups in total. The highest BCUT2D eigenvalue weighted by atomic mass is 19.1. The van der Waals surface area contributed by atoms with E-state index in [1.807, 2.05) is 0 Å². The molecule has 1 fully saturated rings. The number of halogens is 1. The summed E-state index contributed by atoms with van der Waals surface area (Å²) < 4.78 is 21.6. The monoisotopic (exact) mass is 439 g/mol. The van der Waals surface area contributed by atoms with Crippen molar-refractivity contribution in [2.45, 2.75) is 25.7 Å². The molecular weight excluding hydrogens is 417 g/mol. The van der Waals surface area contributed by atoms with E-state index in [0.29, 0.717) is 22.4 Å². The molecular formula is C22H22FN5O4. The highest BCUT2D eigenvalue weighted by molar-refractivity contribution is 5.90. The van der Waals surface area contributed by atoms with Crippen molar-refractivity contribution in [3.63, 3.8) is 0 Å². The van der Waals surface area contributed by atoms with Crippen LogP contribution in [0.4, 0.5) is 14.9 Å². The van der Waals surface area contributed by atoms with Gasteiger partial charge in [-0.05, 0) is 29.3 Å². The van der Waals surface area contributed by atoms with E-state index in [-0.39, 0.29) is 25.5 Å². The first-order chi connectivity index (χ1) is 15.4. The minimum Gasteiger partial charge on any atom is -0.442 e. The molecule has 166 valence electrons. The van der Waals surface area contributed by atoms with E-state index in [9.17, 15) is 19.1 Å². The number of cyclic esters (lactones) is 1. The predicted octanol–water partition coefficient (Wildman–Crippen LogP) is 2.28. The molecule has 0 radical (unpaired) electrons. The first-order valence-corrected chi connectivity index (χ1v) is 10.1. The number of hydrogen-bond acceptors (Lipinski definition) is 6. The summed E-state index contributed by atoms with van der Waals surface area (Å²) in [4.78, 5) is 24.5. The number of aliphatic hydroxyl groups excluding tert-OH is 1. The molecule has 2 amide bonds. The van der Waals surface area contributed by atoms with Gasteiger partial charge in [-0.15, -0.1) is 5.10 Å². The summed E-state index contributed by atoms with van der Waals surface area (Å²) in [7, 11) is 0. The fourth-order valence-electron chi connectivity index (χ4n) is 3.50. The van der Waals surface area contributed by atoms with Gasteiger partial charge < -0.3 is 15.2 Å². The molecule has 0 unspecified atom stereocenters. The molecule has 0 bridgehead atoms. The van der Waals surface area contributed by atoms with Gasteiger partial charge in [-0.3, -0.25) is 9.69 Å². The maximum absolute atomic E-state index is 14.9. The second-order valence-electron chi connectivity index (χ2n) is 7.48. The Morgan fingerprint density at radius 2 is 2.09 bits per heavy atom. The van der Waals surface area contributed by atoms with E-state index in [4.69, 9.17) is 4.74 Å². The van der Waals surface area contributed by atoms with Gasteiger partial charge >= 0.3 is 6.09 Å². The van der Waals surface area contributed by atoms with E-state index in [0.717, 1.165) is 0 Å². The van der Waals surface area contributed by atoms with Crippen LogP contribution in [0.15, 0.2) is 54.9 Å². The first kappa shape index (κ1) is 21.4. The van der Waals surface area contributed by atoms with E-state index in [1.54, 1.807) is 42.6 Å². The highest BCUT2D eigenvalue weighted by Gasteiger charge is 2.32. The van der Waals surface area contributed by atoms with Crippen LogP contribution < -0.4 is 10.2 Å². The lowest BCUT2D eigenvalue weighted by atomic mass is 10.0. The molecule has 1 aromatic heterocycles. The molecule has 1 saturated heterocycles. The van der Waals surface area contributed by atoms with Crippen molar-refractivity contribution in [3.8, 4) is 11.1 Å². The Labute approximate surface area is 183 Å². The summed E-state index contributed by atoms with van der Waals surface area (Å²) in [6.07, 6.45) is 1.34. The topological polar surface area (TPSA) is 110 Å². The summed E-state index contributed by atoms with van der Waals surface area (Å²) in [5.41, 5.74) is 2.06. The van der Waals surface area contributed by atoms with Gasteiger partial charge in [-0.1, -0.05) is 29.5 Å². The molecule has 1 aliphatic rings. The molecule has 1 aliphatic heterocycles. The number of ether oxygens (including phenoxy) is 1. The largest absolute Gasteiger partial charge is 0.442 e. The van der Waals surface area contributed by atoms with Crippen LogP contribution in [0.25, 0.3) is 11.1 Å². The van der Waals surface area contributed by atoms with Crippen LogP contribution in [0.1, 0.15) is 18.6 Å². The van der Waals surface area contributed by atoms with Gasteiger partial charge in [0.15, 0.2) is 0 Å². The van der Waals surface area contributed by atoms with Crippen LogP contribution >= 0.6 is 0 Å². The number of carbonyl (C=O) groups is 2. The summed E-state index contributed by atoms with van der Waals surface area (Å²) >= 11 is 0. The number of anilines is 1. The summed E-state index contributed by atoms with van der Waals surface area (Å²) in [5, 5.41) is 20.5. The van der Waals surface area contributed by atoms with Crippen LogP contribution in [-0.4, -0.2) is 51.3 Å². The Hall–Kier alpha value is -3.79. The van der Waals surface area contributed by atoms with Crippen molar-refractivity contribution < 1.29 is 23.8 Å². The number of nitrogens with one attached hydrogen (secondary N) is 1. The van der Waals surface area contributed by atoms with Gasteiger partial charge in [0, 0.05) is 18.7 Å². The predicted molar refractivity (Wildman–Crippen MR) is 113 cm³/mol. The van der Waals surface area contributed by atoms with Gasteiger partial charge in [0.1, 0.15) is 11.9 Å². The maximum Gasteiger partial charge on any atom is 0.414 e. The fraction of sp³-hybridized carbons (Fsp3) is 0.273. The lowest BCUT2D eigenvalue weighted by Gasteiger charge is -2.15. The van der Waals surface area contributed by atoms with Crippen molar-refractivity contribution >= 4 is 17.7 Å². The minimum atomic E-state index is -0.774. The number of aliphatic hydroxyl groups is 1. The van der Waals surface area contributed by atoms with Crippen molar-refractivity contribution in [2.75, 3.05) is 18.0 Å². The third kappa shape index (κ3) is 4.75. The van der Waals surface area contributed by atoms with Crippen LogP contribution in [0.2, 0.25) is 0 Å². The Balaban J connectivity index is 1.45. The lowest BCUT2D eigenvalue weighted by molar-refractivity contribution is -0.119. The third-order valence-corrected chi connectivity index (χ3v) is 5.16. The lowest BCUT2D eigenvalue weighted by Crippen LogP contribution is -2.33. The zero-order valence-electron chi connectivity index (χ0n) is 17.3. The summed E-state index contributed by atoms with van der Waals surface area (Å²) in [6, 6.07) is 11.4. The molecule has 32 heavy (non-hydrogen) atoms. The van der Waals surface area contributed by atoms with Crippen molar-refractivity contribution in [3.05, 3.63) is 66.2 Å². The molecule has 0 saturated carbocycles. The molecule has 2 aromatic carbocycles. The summed E-state index contributed by atoms with van der Waals surface area (Å²) in [6.45, 7) is 2.06. The van der Waals surface area contributed by atoms with Crippen LogP contribution in [0, 0.1) is 5.82 Å². The zero-order chi connectivity index (χ0) is 22.7. The van der Waals surface area contributed by atoms with Crippen molar-refractivity contribution in [1.29, 1.82) is 0 Å². The van der Waals surface area contributed by atoms with Gasteiger partial charge in [0.2, 0.25) is 5.91 Å². The van der Waals surface area contributed by atoms with E-state index in [1.165, 1.54) is 28.8 Å². The Bertz CT molecular complexity index is 1100. The molecule has 0 aliphatic carbocycles. The van der Waals surface area contributed by atoms with E-state index >= 15 is 0 Å². The van der Waals surface area contributed by atoms with Gasteiger partial charge in [-0.2, -0.15) is 0 Å². The number of carbonyl (C=O) groups excluding carboxylic acids is 2. The molecule has 0 spiro atoms. The Morgan fingerprint density at radius 1 is 1.31 bits per heavy atom. The summed E-state index contributed by atoms with van der Waals surface area (Å²) in [5.74, 6) is -0.705. The molecule has 2 heterocycles. The van der Waals surface area contributed by atoms with Crippen molar-refractivity contribution in [1.82, 2.24) is 20.3 Å². The van der Waals surface area contributed by atoms with Gasteiger partial charge in [0.25, 0.3) is 0 Å². The Kier molecular flexibility index (Phi) is 6.13. The van der Waals surface area contributed by atoms with E-state index in [2.05, 4.69) is 15.6 Å². The van der Waals surface area contributed by atoms with Crippen molar-refractivity contribution in [2.24, 2.45) is 0 Å². The Morgan fingerprint density at radius 3 is 2.75 bits per heavy atom. The van der Waals surface area contributed by atoms with Crippen LogP contribution in [0.5, 0.6) is 0 Å². The third-order valence-electron chi connectivity index (χ3n) is 5.16. The normalized spacial score (nSPS) is 16.7. The molecule has 3 aromatic rings. The minimum absolute atomic E-state index is 0.202. The second kappa shape index (κ2) is 9.15. The number of benzene rings is 2. The number of nitrogens with zero attached hydrogens (tertiary/aromatic N) is 4. The average Bonchev–Trinajstić information content (AvgIpc) is 3.41. The molecule has 9 nitrogen and oxygen atoms in total. The number of aromatic nitrogens is 3. The quantitative estimate of drug-likeness (QED) is 0.585. The molecule has 2 atom stereocenters. The van der Waals surface area contributed by atoms with Gasteiger partial charge in [-0.25, -0.2) is 13.9 Å². The average molecular weight is 439 g/mol.